The van der Waals surface area contributed by atoms with Gasteiger partial charge < -0.3 is 9.84 Å². The Morgan fingerprint density at radius 2 is 2.22 bits per heavy atom. The smallest absolute Gasteiger partial charge is 0.411 e. The molecule has 2 N–H and O–H groups in total. The Hall–Kier alpha value is -1.53. The molecule has 0 heterocycles. The first kappa shape index (κ1) is 14.5. The summed E-state index contributed by atoms with van der Waals surface area (Å²) in [5, 5.41) is 11.3. The van der Waals surface area contributed by atoms with E-state index in [9.17, 15) is 9.59 Å². The number of carboxylic acid groups (broad SMARTS) is 1. The van der Waals surface area contributed by atoms with E-state index in [0.717, 1.165) is 0 Å². The summed E-state index contributed by atoms with van der Waals surface area (Å²) in [6.07, 6.45) is 0.609. The zero-order valence-electron chi connectivity index (χ0n) is 9.07. The molecule has 0 bridgehead atoms. The van der Waals surface area contributed by atoms with Crippen LogP contribution in [0.4, 0.5) is 10.5 Å². The van der Waals surface area contributed by atoms with E-state index in [-0.39, 0.29) is 22.9 Å². The van der Waals surface area contributed by atoms with Gasteiger partial charge in [-0.25, -0.2) is 9.59 Å². The predicted molar refractivity (Wildman–Crippen MR) is 71.3 cm³/mol. The van der Waals surface area contributed by atoms with Gasteiger partial charge in [-0.3, -0.25) is 5.32 Å². The zero-order chi connectivity index (χ0) is 13.7. The minimum Gasteiger partial charge on any atom is -0.478 e. The molecule has 0 atom stereocenters. The Morgan fingerprint density at radius 3 is 2.78 bits per heavy atom. The molecule has 0 aliphatic heterocycles. The number of nitrogens with one attached hydrogen (secondary N) is 1. The van der Waals surface area contributed by atoms with Crippen LogP contribution < -0.4 is 5.32 Å². The normalized spacial score (nSPS) is 9.67. The molecule has 7 heteroatoms. The monoisotopic (exact) mass is 333 g/mol. The van der Waals surface area contributed by atoms with Crippen molar-refractivity contribution in [2.75, 3.05) is 11.9 Å². The number of benzene rings is 1. The summed E-state index contributed by atoms with van der Waals surface area (Å²) in [6.45, 7) is 3.41. The second kappa shape index (κ2) is 6.42. The fourth-order valence-corrected chi connectivity index (χ4v) is 2.06. The van der Waals surface area contributed by atoms with Gasteiger partial charge in [-0.2, -0.15) is 0 Å². The minimum absolute atomic E-state index is 0.0101. The Balaban J connectivity index is 3.03. The number of rotatable bonds is 4. The number of ether oxygens (including phenoxy) is 1. The van der Waals surface area contributed by atoms with Crippen LogP contribution in [0.1, 0.15) is 10.4 Å². The Labute approximate surface area is 117 Å². The molecule has 0 spiro atoms. The molecule has 5 nitrogen and oxygen atoms in total. The fraction of sp³-hybridized carbons (Fsp3) is 0.0909. The van der Waals surface area contributed by atoms with Gasteiger partial charge in [0.05, 0.1) is 10.7 Å². The van der Waals surface area contributed by atoms with E-state index in [0.29, 0.717) is 4.47 Å². The van der Waals surface area contributed by atoms with Crippen molar-refractivity contribution in [1.29, 1.82) is 0 Å². The van der Waals surface area contributed by atoms with Crippen molar-refractivity contribution in [2.24, 2.45) is 0 Å². The molecule has 0 saturated heterocycles. The Morgan fingerprint density at radius 1 is 1.56 bits per heavy atom. The SMILES string of the molecule is C=CCOC(=O)Nc1cc(Br)cc(Cl)c1C(=O)O. The molecule has 96 valence electrons. The number of amides is 1. The summed E-state index contributed by atoms with van der Waals surface area (Å²) in [7, 11) is 0. The largest absolute Gasteiger partial charge is 0.478 e. The molecule has 0 aromatic heterocycles. The summed E-state index contributed by atoms with van der Waals surface area (Å²) in [6, 6.07) is 2.84. The third-order valence-corrected chi connectivity index (χ3v) is 2.59. The lowest BCUT2D eigenvalue weighted by Gasteiger charge is -2.10. The van der Waals surface area contributed by atoms with Crippen LogP contribution in [0.2, 0.25) is 5.02 Å². The molecule has 0 aliphatic carbocycles. The number of aromatic carboxylic acids is 1. The highest BCUT2D eigenvalue weighted by Gasteiger charge is 2.17. The van der Waals surface area contributed by atoms with Crippen LogP contribution in [-0.4, -0.2) is 23.8 Å². The van der Waals surface area contributed by atoms with Gasteiger partial charge in [0.15, 0.2) is 0 Å². The third kappa shape index (κ3) is 3.75. The maximum atomic E-state index is 11.3. The molecule has 0 unspecified atom stereocenters. The highest BCUT2D eigenvalue weighted by atomic mass is 79.9. The van der Waals surface area contributed by atoms with Crippen molar-refractivity contribution in [3.63, 3.8) is 0 Å². The summed E-state index contributed by atoms with van der Waals surface area (Å²) < 4.78 is 5.23. The molecule has 1 aromatic rings. The zero-order valence-corrected chi connectivity index (χ0v) is 11.4. The molecule has 1 rings (SSSR count). The van der Waals surface area contributed by atoms with E-state index in [4.69, 9.17) is 21.4 Å². The van der Waals surface area contributed by atoms with Gasteiger partial charge >= 0.3 is 12.1 Å². The van der Waals surface area contributed by atoms with Gasteiger partial charge in [-0.05, 0) is 12.1 Å². The van der Waals surface area contributed by atoms with E-state index in [1.165, 1.54) is 18.2 Å². The van der Waals surface area contributed by atoms with E-state index in [1.54, 1.807) is 0 Å². The molecule has 0 fully saturated rings. The minimum atomic E-state index is -1.24. The lowest BCUT2D eigenvalue weighted by atomic mass is 10.2. The van der Waals surface area contributed by atoms with E-state index < -0.39 is 12.1 Å². The van der Waals surface area contributed by atoms with Crippen molar-refractivity contribution < 1.29 is 19.4 Å². The van der Waals surface area contributed by atoms with Crippen molar-refractivity contribution in [3.05, 3.63) is 39.8 Å². The topological polar surface area (TPSA) is 75.6 Å². The average Bonchev–Trinajstić information content (AvgIpc) is 2.24. The first-order valence-electron chi connectivity index (χ1n) is 4.72. The van der Waals surface area contributed by atoms with Gasteiger partial charge in [0.25, 0.3) is 0 Å². The quantitative estimate of drug-likeness (QED) is 0.826. The summed E-state index contributed by atoms with van der Waals surface area (Å²) >= 11 is 8.95. The fourth-order valence-electron chi connectivity index (χ4n) is 1.17. The predicted octanol–water partition coefficient (Wildman–Crippen LogP) is 3.54. The highest BCUT2D eigenvalue weighted by molar-refractivity contribution is 9.10. The summed E-state index contributed by atoms with van der Waals surface area (Å²) in [5.74, 6) is -1.24. The van der Waals surface area contributed by atoms with Gasteiger partial charge in [0, 0.05) is 4.47 Å². The standard InChI is InChI=1S/C11H9BrClNO4/c1-2-3-18-11(17)14-8-5-6(12)4-7(13)9(8)10(15)16/h2,4-5H,1,3H2,(H,14,17)(H,15,16). The number of halogens is 2. The Bertz CT molecular complexity index is 504. The molecule has 0 aliphatic rings. The van der Waals surface area contributed by atoms with Crippen LogP contribution in [0, 0.1) is 0 Å². The maximum absolute atomic E-state index is 11.3. The lowest BCUT2D eigenvalue weighted by Crippen LogP contribution is -2.16. The van der Waals surface area contributed by atoms with Crippen LogP contribution >= 0.6 is 27.5 Å². The number of hydrogen-bond donors (Lipinski definition) is 2. The van der Waals surface area contributed by atoms with Crippen molar-refractivity contribution in [3.8, 4) is 0 Å². The second-order valence-corrected chi connectivity index (χ2v) is 4.45. The van der Waals surface area contributed by atoms with Crippen molar-refractivity contribution in [2.45, 2.75) is 0 Å². The molecular weight excluding hydrogens is 325 g/mol. The van der Waals surface area contributed by atoms with Crippen LogP contribution in [0.15, 0.2) is 29.3 Å². The number of anilines is 1. The molecule has 1 aromatic carbocycles. The number of carbonyl (C=O) groups excluding carboxylic acids is 1. The Kier molecular flexibility index (Phi) is 5.18. The first-order valence-corrected chi connectivity index (χ1v) is 5.89. The van der Waals surface area contributed by atoms with E-state index >= 15 is 0 Å². The number of carboxylic acids is 1. The second-order valence-electron chi connectivity index (χ2n) is 3.13. The molecule has 0 saturated carbocycles. The van der Waals surface area contributed by atoms with Gasteiger partial charge in [0.1, 0.15) is 12.2 Å². The van der Waals surface area contributed by atoms with Gasteiger partial charge in [-0.15, -0.1) is 0 Å². The number of hydrogen-bond acceptors (Lipinski definition) is 3. The summed E-state index contributed by atoms with van der Waals surface area (Å²) in [4.78, 5) is 22.4. The molecule has 1 amide bonds. The maximum Gasteiger partial charge on any atom is 0.411 e. The number of carbonyl (C=O) groups is 2. The van der Waals surface area contributed by atoms with E-state index in [2.05, 4.69) is 27.8 Å². The van der Waals surface area contributed by atoms with Gasteiger partial charge in [-0.1, -0.05) is 40.2 Å². The molecule has 0 radical (unpaired) electrons. The van der Waals surface area contributed by atoms with Crippen molar-refractivity contribution in [1.82, 2.24) is 0 Å². The molecule has 18 heavy (non-hydrogen) atoms. The highest BCUT2D eigenvalue weighted by Crippen LogP contribution is 2.29. The van der Waals surface area contributed by atoms with Gasteiger partial charge in [0.2, 0.25) is 0 Å². The van der Waals surface area contributed by atoms with Crippen molar-refractivity contribution >= 4 is 45.3 Å². The van der Waals surface area contributed by atoms with E-state index in [1.807, 2.05) is 0 Å². The summed E-state index contributed by atoms with van der Waals surface area (Å²) in [5.41, 5.74) is -0.147. The third-order valence-electron chi connectivity index (χ3n) is 1.84. The lowest BCUT2D eigenvalue weighted by molar-refractivity contribution is 0.0698. The molecular formula is C11H9BrClNO4. The van der Waals surface area contributed by atoms with Crippen LogP contribution in [0.3, 0.4) is 0 Å². The van der Waals surface area contributed by atoms with Crippen LogP contribution in [0.5, 0.6) is 0 Å². The average molecular weight is 335 g/mol. The van der Waals surface area contributed by atoms with Crippen LogP contribution in [0.25, 0.3) is 0 Å². The van der Waals surface area contributed by atoms with Crippen LogP contribution in [-0.2, 0) is 4.74 Å². The first-order chi connectivity index (χ1) is 8.45.